The van der Waals surface area contributed by atoms with Gasteiger partial charge in [0.05, 0.1) is 11.7 Å². The Hall–Kier alpha value is -3.80. The Morgan fingerprint density at radius 1 is 0.811 bits per heavy atom. The number of carbonyl (C=O) groups is 2. The molecule has 0 unspecified atom stereocenters. The van der Waals surface area contributed by atoms with Crippen LogP contribution in [0.1, 0.15) is 32.6 Å². The first kappa shape index (κ1) is 35.4. The molecule has 0 aromatic heterocycles. The van der Waals surface area contributed by atoms with Crippen LogP contribution in [0.5, 0.6) is 0 Å². The van der Waals surface area contributed by atoms with Gasteiger partial charge in [0.15, 0.2) is 0 Å². The number of rotatable bonds is 6. The van der Waals surface area contributed by atoms with Gasteiger partial charge in [-0.3, -0.25) is 4.79 Å². The zero-order valence-electron chi connectivity index (χ0n) is 20.5. The Balaban J connectivity index is 0. The van der Waals surface area contributed by atoms with E-state index in [2.05, 4.69) is 10.2 Å². The van der Waals surface area contributed by atoms with E-state index in [1.54, 1.807) is 60.7 Å². The Kier molecular flexibility index (Phi) is 18.5. The van der Waals surface area contributed by atoms with Gasteiger partial charge in [-0.05, 0) is 37.1 Å². The predicted octanol–water partition coefficient (Wildman–Crippen LogP) is 1.63. The third-order valence-corrected chi connectivity index (χ3v) is 4.44. The molecule has 0 spiro atoms. The van der Waals surface area contributed by atoms with Crippen molar-refractivity contribution >= 4 is 23.5 Å². The molecule has 3 aromatic carbocycles. The van der Waals surface area contributed by atoms with Crippen LogP contribution >= 0.6 is 0 Å². The van der Waals surface area contributed by atoms with Gasteiger partial charge < -0.3 is 36.9 Å². The average Bonchev–Trinajstić information content (AvgIpc) is 2.88. The van der Waals surface area contributed by atoms with Gasteiger partial charge in [0.2, 0.25) is 5.91 Å². The maximum absolute atomic E-state index is 11.8. The van der Waals surface area contributed by atoms with Gasteiger partial charge >= 0.3 is 0 Å². The summed E-state index contributed by atoms with van der Waals surface area (Å²) in [6.45, 7) is 3.85. The van der Waals surface area contributed by atoms with Crippen molar-refractivity contribution in [3.8, 4) is 0 Å². The monoisotopic (exact) mass is 542 g/mol. The van der Waals surface area contributed by atoms with E-state index in [1.165, 1.54) is 0 Å². The number of benzene rings is 3. The number of carbonyl (C=O) groups excluding carboxylic acids is 2. The third kappa shape index (κ3) is 13.2. The van der Waals surface area contributed by atoms with Gasteiger partial charge in [-0.2, -0.15) is 10.2 Å². The quantitative estimate of drug-likeness (QED) is 0.271. The number of carboxylic acid groups (broad SMARTS) is 1. The smallest absolute Gasteiger partial charge is 0.234 e. The number of hydrogen-bond donors (Lipinski definition) is 2. The summed E-state index contributed by atoms with van der Waals surface area (Å²) in [6.07, 6.45) is 0.0495. The average molecular weight is 542 g/mol. The van der Waals surface area contributed by atoms with Crippen LogP contribution < -0.4 is 15.6 Å². The van der Waals surface area contributed by atoms with Gasteiger partial charge in [0.25, 0.3) is 0 Å². The third-order valence-electron chi connectivity index (χ3n) is 4.44. The number of nitrogens with one attached hydrogen (secondary N) is 2. The van der Waals surface area contributed by atoms with Crippen molar-refractivity contribution in [2.24, 2.45) is 10.2 Å². The summed E-state index contributed by atoms with van der Waals surface area (Å²) in [5, 5.41) is 37.0. The van der Waals surface area contributed by atoms with Crippen molar-refractivity contribution in [3.05, 3.63) is 113 Å². The van der Waals surface area contributed by atoms with E-state index in [1.807, 2.05) is 37.5 Å². The molecular weight excluding hydrogens is 515 g/mol. The fraction of sp³-hybridized carbons (Fsp3) is 0.154. The first-order valence-electron chi connectivity index (χ1n) is 10.4. The van der Waals surface area contributed by atoms with Crippen LogP contribution in [0.3, 0.4) is 0 Å². The number of aliphatic carboxylic acids is 1. The first-order chi connectivity index (χ1) is 16.8. The number of amides is 1. The molecule has 197 valence electrons. The van der Waals surface area contributed by atoms with Crippen molar-refractivity contribution in [1.82, 2.24) is 5.43 Å². The second kappa shape index (κ2) is 19.4. The van der Waals surface area contributed by atoms with E-state index in [4.69, 9.17) is 10.9 Å². The summed E-state index contributed by atoms with van der Waals surface area (Å²) in [6, 6.07) is 22.8. The second-order valence-corrected chi connectivity index (χ2v) is 7.09. The number of aryl methyl sites for hydroxylation is 2. The Bertz CT molecular complexity index is 1140. The Morgan fingerprint density at radius 2 is 1.27 bits per heavy atom. The van der Waals surface area contributed by atoms with Gasteiger partial charge in [0.1, 0.15) is 0 Å². The minimum absolute atomic E-state index is 0. The molecule has 1 radical (unpaired) electrons. The van der Waals surface area contributed by atoms with Crippen LogP contribution in [-0.4, -0.2) is 35.7 Å². The molecule has 0 saturated heterocycles. The van der Waals surface area contributed by atoms with E-state index in [0.717, 1.165) is 23.8 Å². The van der Waals surface area contributed by atoms with Crippen LogP contribution in [0.4, 0.5) is 0 Å². The van der Waals surface area contributed by atoms with Crippen molar-refractivity contribution in [3.63, 3.8) is 0 Å². The molecular formula is C26H27N4O6V-5. The minimum Gasteiger partial charge on any atom is -2.00 e. The van der Waals surface area contributed by atoms with Crippen molar-refractivity contribution < 1.29 is 48.9 Å². The molecule has 11 heteroatoms. The molecule has 0 aliphatic rings. The summed E-state index contributed by atoms with van der Waals surface area (Å²) in [5.41, 5.74) is 5.27. The van der Waals surface area contributed by atoms with Crippen molar-refractivity contribution in [1.29, 1.82) is 0 Å². The summed E-state index contributed by atoms with van der Waals surface area (Å²) in [7, 11) is 1.00. The second-order valence-electron chi connectivity index (χ2n) is 7.09. The van der Waals surface area contributed by atoms with E-state index in [-0.39, 0.29) is 42.1 Å². The van der Waals surface area contributed by atoms with Crippen molar-refractivity contribution in [2.45, 2.75) is 20.3 Å². The fourth-order valence-corrected chi connectivity index (χ4v) is 2.57. The maximum Gasteiger partial charge on any atom is 0.234 e. The molecule has 0 atom stereocenters. The molecule has 0 aliphatic carbocycles. The molecule has 10 nitrogen and oxygen atoms in total. The van der Waals surface area contributed by atoms with Crippen LogP contribution in [0, 0.1) is 13.8 Å². The number of hydrogen-bond acceptors (Lipinski definition) is 7. The molecule has 3 N–H and O–H groups in total. The maximum atomic E-state index is 11.8. The molecule has 0 saturated carbocycles. The summed E-state index contributed by atoms with van der Waals surface area (Å²) >= 11 is 0. The van der Waals surface area contributed by atoms with Crippen LogP contribution in [0.15, 0.2) is 89.1 Å². The number of nitrogens with zero attached hydrogens (tertiary/aromatic N) is 2. The first-order valence-corrected chi connectivity index (χ1v) is 10.4. The number of aliphatic hydroxyl groups is 1. The SMILES string of the molecule is CO.Cc1ccc(/C([O-])=N/N=C(\Cc2ccccc2)C(=O)[O-])cc1.Cc1ccc(C(=O)N[NH-])cc1.[O-2].[V]. The van der Waals surface area contributed by atoms with Gasteiger partial charge in [-0.25, -0.2) is 0 Å². The normalized spacial score (nSPS) is 10.2. The van der Waals surface area contributed by atoms with Gasteiger partial charge in [0, 0.05) is 43.5 Å². The summed E-state index contributed by atoms with van der Waals surface area (Å²) < 4.78 is 0. The van der Waals surface area contributed by atoms with Crippen molar-refractivity contribution in [2.75, 3.05) is 7.11 Å². The molecule has 0 fully saturated rings. The van der Waals surface area contributed by atoms with E-state index in [0.29, 0.717) is 11.1 Å². The van der Waals surface area contributed by atoms with E-state index in [9.17, 15) is 19.8 Å². The van der Waals surface area contributed by atoms with Gasteiger partial charge in [-0.1, -0.05) is 77.9 Å². The topological polar surface area (TPSA) is 190 Å². The zero-order chi connectivity index (χ0) is 26.2. The van der Waals surface area contributed by atoms with Crippen LogP contribution in [0.25, 0.3) is 5.84 Å². The van der Waals surface area contributed by atoms with Crippen LogP contribution in [0.2, 0.25) is 0 Å². The minimum atomic E-state index is -1.44. The predicted molar refractivity (Wildman–Crippen MR) is 132 cm³/mol. The fourth-order valence-electron chi connectivity index (χ4n) is 2.57. The van der Waals surface area contributed by atoms with E-state index < -0.39 is 11.9 Å². The molecule has 3 aromatic rings. The van der Waals surface area contributed by atoms with Gasteiger partial charge in [-0.15, -0.1) is 0 Å². The zero-order valence-corrected chi connectivity index (χ0v) is 21.9. The largest absolute Gasteiger partial charge is 2.00 e. The molecule has 0 heterocycles. The number of carboxylic acids is 1. The summed E-state index contributed by atoms with van der Waals surface area (Å²) in [5.74, 6) is 4.20. The van der Waals surface area contributed by atoms with E-state index >= 15 is 0 Å². The standard InChI is InChI=1S/C17H16N2O3.C8H9N2O.CH4O.O.V/c1-12-7-9-14(10-8-12)16(20)19-18-15(17(21)22)11-13-5-3-2-4-6-13;1-6-2-4-7(5-3-6)8(11)10-9;1-2;;/h2-10H,11H2,1H3,(H,19,20)(H,21,22);2-5,9H,1H3,(H,10,11);2H,1H3;;/q;-1;;-2;/p-2/b18-15+;;;;. The summed E-state index contributed by atoms with van der Waals surface area (Å²) in [4.78, 5) is 21.9. The Morgan fingerprint density at radius 3 is 1.70 bits per heavy atom. The molecule has 0 aliphatic heterocycles. The molecule has 0 bridgehead atoms. The molecule has 37 heavy (non-hydrogen) atoms. The molecule has 3 rings (SSSR count). The number of aliphatic hydroxyl groups excluding tert-OH is 1. The Labute approximate surface area is 227 Å². The van der Waals surface area contributed by atoms with Crippen LogP contribution in [-0.2, 0) is 35.2 Å². The molecule has 1 amide bonds.